The van der Waals surface area contributed by atoms with E-state index < -0.39 is 88.6 Å². The molecule has 0 radical (unpaired) electrons. The second-order valence-electron chi connectivity index (χ2n) is 14.6. The molecule has 0 atom stereocenters. The minimum Gasteiger partial charge on any atom is -0.505 e. The van der Waals surface area contributed by atoms with Crippen molar-refractivity contribution in [1.29, 1.82) is 0 Å². The molecule has 0 heterocycles. The molecule has 0 aliphatic rings. The van der Waals surface area contributed by atoms with Gasteiger partial charge in [0, 0.05) is 32.9 Å². The predicted molar refractivity (Wildman–Crippen MR) is 248 cm³/mol. The van der Waals surface area contributed by atoms with Crippen LogP contribution in [0.4, 0.5) is 45.5 Å². The highest BCUT2D eigenvalue weighted by molar-refractivity contribution is 7.86. The molecular weight excluding hydrogens is 969 g/mol. The molecule has 0 amide bonds. The number of phenols is 2. The Morgan fingerprint density at radius 2 is 0.882 bits per heavy atom. The summed E-state index contributed by atoms with van der Waals surface area (Å²) in [5.41, 5.74) is 11.9. The minimum atomic E-state index is -5.15. The Morgan fingerprint density at radius 1 is 0.397 bits per heavy atom. The van der Waals surface area contributed by atoms with Crippen LogP contribution in [-0.4, -0.2) is 62.1 Å². The Morgan fingerprint density at radius 3 is 1.41 bits per heavy atom. The lowest BCUT2D eigenvalue weighted by molar-refractivity contribution is 0.471. The summed E-state index contributed by atoms with van der Waals surface area (Å²) < 4.78 is 138. The quantitative estimate of drug-likeness (QED) is 0.0339. The van der Waals surface area contributed by atoms with Crippen molar-refractivity contribution in [3.63, 3.8) is 0 Å². The number of rotatable bonds is 11. The Hall–Kier alpha value is -7.82. The lowest BCUT2D eigenvalue weighted by Crippen LogP contribution is -2.02. The molecule has 8 rings (SSSR count). The minimum absolute atomic E-state index is 0.131. The van der Waals surface area contributed by atoms with E-state index in [-0.39, 0.29) is 44.3 Å². The van der Waals surface area contributed by atoms with E-state index in [1.807, 2.05) is 0 Å². The van der Waals surface area contributed by atoms with Gasteiger partial charge in [-0.2, -0.15) is 43.9 Å². The fourth-order valence-electron chi connectivity index (χ4n) is 7.03. The third kappa shape index (κ3) is 9.28. The summed E-state index contributed by atoms with van der Waals surface area (Å²) in [6.07, 6.45) is 0. The molecule has 68 heavy (non-hydrogen) atoms. The molecule has 0 aliphatic heterocycles. The van der Waals surface area contributed by atoms with Gasteiger partial charge in [-0.1, -0.05) is 48.5 Å². The maximum Gasteiger partial charge on any atom is 0.296 e. The molecule has 0 fully saturated rings. The lowest BCUT2D eigenvalue weighted by atomic mass is 10.1. The summed E-state index contributed by atoms with van der Waals surface area (Å²) in [5, 5.41) is 46.6. The van der Waals surface area contributed by atoms with Crippen LogP contribution in [0, 0.1) is 0 Å². The first kappa shape index (κ1) is 46.7. The van der Waals surface area contributed by atoms with Gasteiger partial charge in [0.15, 0.2) is 11.5 Å². The SMILES string of the molecule is Nc1ccc(N=Nc2cc3c(O)c(N=Nc4ccc(-c5ccc(N=Nc6c(S(=O)(=O)O)cc7cc(S(=O)(=O)O)cc(N)c7c6O)cc5)cc4)c(S(=O)(=O)O)cc3cc2S(=O)(=O)O)c2ccccc12. The van der Waals surface area contributed by atoms with Crippen molar-refractivity contribution in [2.45, 2.75) is 19.6 Å². The molecule has 0 saturated heterocycles. The number of hydrogen-bond acceptors (Lipinski definition) is 18. The standard InChI is InChI=1S/C42H30N8O14S4/c43-31-13-14-33(29-4-2-1-3-28(29)31)47-48-34-20-30-23(16-35(34)66(56,57)58)17-36(67(59,60)61)39(41(30)51)49-45-25-9-5-21(6-10-25)22-7-11-26(12-8-22)46-50-40-37(68(62,63)64)18-24-15-27(65(53,54)55)19-32(44)38(24)42(40)52/h1-20,51-52H,43-44H2,(H,53,54,55)(H,56,57,58)(H,59,60,61)(H,62,63,64). The fourth-order valence-corrected chi connectivity index (χ4v) is 9.54. The summed E-state index contributed by atoms with van der Waals surface area (Å²) in [6, 6.07) is 27.4. The number of nitrogens with two attached hydrogens (primary N) is 2. The van der Waals surface area contributed by atoms with E-state index >= 15 is 0 Å². The number of fused-ring (bicyclic) bond motifs is 3. The Labute approximate surface area is 384 Å². The summed E-state index contributed by atoms with van der Waals surface area (Å²) >= 11 is 0. The van der Waals surface area contributed by atoms with Crippen LogP contribution >= 0.6 is 0 Å². The zero-order valence-electron chi connectivity index (χ0n) is 34.0. The van der Waals surface area contributed by atoms with Crippen LogP contribution in [0.2, 0.25) is 0 Å². The predicted octanol–water partition coefficient (Wildman–Crippen LogP) is 9.62. The van der Waals surface area contributed by atoms with Crippen molar-refractivity contribution in [3.05, 3.63) is 121 Å². The van der Waals surface area contributed by atoms with Crippen molar-refractivity contribution in [2.24, 2.45) is 30.7 Å². The number of nitrogens with zero attached hydrogens (tertiary/aromatic N) is 6. The first-order valence-corrected chi connectivity index (χ1v) is 24.7. The summed E-state index contributed by atoms with van der Waals surface area (Å²) in [4.78, 5) is -3.39. The molecule has 0 aliphatic carbocycles. The van der Waals surface area contributed by atoms with Gasteiger partial charge in [-0.3, -0.25) is 18.2 Å². The smallest absolute Gasteiger partial charge is 0.296 e. The van der Waals surface area contributed by atoms with Gasteiger partial charge in [-0.05, 0) is 94.7 Å². The van der Waals surface area contributed by atoms with Crippen LogP contribution in [0.25, 0.3) is 43.4 Å². The van der Waals surface area contributed by atoms with Crippen molar-refractivity contribution < 1.29 is 62.1 Å². The van der Waals surface area contributed by atoms with Gasteiger partial charge >= 0.3 is 0 Å². The van der Waals surface area contributed by atoms with E-state index in [0.29, 0.717) is 27.6 Å². The third-order valence-corrected chi connectivity index (χ3v) is 13.7. The number of hydrogen-bond donors (Lipinski definition) is 8. The first-order chi connectivity index (χ1) is 31.9. The van der Waals surface area contributed by atoms with Crippen LogP contribution < -0.4 is 11.5 Å². The monoisotopic (exact) mass is 998 g/mol. The molecule has 0 aromatic heterocycles. The van der Waals surface area contributed by atoms with E-state index in [1.165, 1.54) is 30.3 Å². The molecule has 0 spiro atoms. The average molecular weight is 999 g/mol. The van der Waals surface area contributed by atoms with Gasteiger partial charge in [-0.15, -0.1) is 20.5 Å². The lowest BCUT2D eigenvalue weighted by Gasteiger charge is -2.12. The van der Waals surface area contributed by atoms with E-state index in [2.05, 4.69) is 30.7 Å². The zero-order valence-corrected chi connectivity index (χ0v) is 37.2. The van der Waals surface area contributed by atoms with Crippen molar-refractivity contribution >= 4 is 118 Å². The Kier molecular flexibility index (Phi) is 11.8. The molecular formula is C42H30N8O14S4. The van der Waals surface area contributed by atoms with E-state index in [9.17, 15) is 62.1 Å². The second kappa shape index (κ2) is 17.1. The Bertz CT molecular complexity index is 4000. The molecule has 10 N–H and O–H groups in total. The highest BCUT2D eigenvalue weighted by Crippen LogP contribution is 2.46. The van der Waals surface area contributed by atoms with Gasteiger partial charge in [0.2, 0.25) is 0 Å². The number of benzene rings is 8. The van der Waals surface area contributed by atoms with Crippen LogP contribution in [0.3, 0.4) is 0 Å². The van der Waals surface area contributed by atoms with Gasteiger partial charge in [0.25, 0.3) is 40.5 Å². The fraction of sp³-hybridized carbons (Fsp3) is 0. The normalized spacial score (nSPS) is 12.9. The molecule has 26 heteroatoms. The maximum absolute atomic E-state index is 12.6. The molecule has 346 valence electrons. The van der Waals surface area contributed by atoms with Crippen molar-refractivity contribution in [1.82, 2.24) is 0 Å². The highest BCUT2D eigenvalue weighted by Gasteiger charge is 2.27. The van der Waals surface area contributed by atoms with Gasteiger partial charge < -0.3 is 21.7 Å². The molecule has 0 unspecified atom stereocenters. The average Bonchev–Trinajstić information content (AvgIpc) is 3.27. The van der Waals surface area contributed by atoms with Gasteiger partial charge in [0.05, 0.1) is 22.0 Å². The zero-order chi connectivity index (χ0) is 49.1. The largest absolute Gasteiger partial charge is 0.505 e. The molecule has 0 bridgehead atoms. The topological polar surface area (TPSA) is 384 Å². The van der Waals surface area contributed by atoms with E-state index in [0.717, 1.165) is 36.4 Å². The number of nitrogen functional groups attached to an aromatic ring is 2. The summed E-state index contributed by atoms with van der Waals surface area (Å²) in [6.45, 7) is 0. The number of aromatic hydroxyl groups is 2. The van der Waals surface area contributed by atoms with Crippen LogP contribution in [-0.2, 0) is 40.5 Å². The van der Waals surface area contributed by atoms with Crippen molar-refractivity contribution in [2.75, 3.05) is 11.5 Å². The first-order valence-electron chi connectivity index (χ1n) is 18.9. The van der Waals surface area contributed by atoms with Crippen molar-refractivity contribution in [3.8, 4) is 22.6 Å². The van der Waals surface area contributed by atoms with Crippen LogP contribution in [0.1, 0.15) is 0 Å². The van der Waals surface area contributed by atoms with Gasteiger partial charge in [-0.25, -0.2) is 0 Å². The van der Waals surface area contributed by atoms with Crippen LogP contribution in [0.5, 0.6) is 11.5 Å². The van der Waals surface area contributed by atoms with E-state index in [4.69, 9.17) is 11.5 Å². The summed E-state index contributed by atoms with van der Waals surface area (Å²) in [7, 11) is -20.1. The Balaban J connectivity index is 1.09. The summed E-state index contributed by atoms with van der Waals surface area (Å²) in [5.74, 6) is -1.71. The number of azo groups is 3. The van der Waals surface area contributed by atoms with Crippen LogP contribution in [0.15, 0.2) is 172 Å². The van der Waals surface area contributed by atoms with Gasteiger partial charge in [0.1, 0.15) is 31.7 Å². The molecule has 0 saturated carbocycles. The highest BCUT2D eigenvalue weighted by atomic mass is 32.2. The van der Waals surface area contributed by atoms with E-state index in [1.54, 1.807) is 54.6 Å². The number of anilines is 2. The molecule has 22 nitrogen and oxygen atoms in total. The molecule has 8 aromatic carbocycles. The third-order valence-electron chi connectivity index (χ3n) is 10.2. The molecule has 8 aromatic rings. The second-order valence-corrected chi connectivity index (χ2v) is 20.2. The maximum atomic E-state index is 12.6. The number of phenolic OH excluding ortho intramolecular Hbond substituents is 2.